The van der Waals surface area contributed by atoms with E-state index in [9.17, 15) is 0 Å². The summed E-state index contributed by atoms with van der Waals surface area (Å²) in [5.74, 6) is 0.710. The molecule has 1 aromatic heterocycles. The number of benzene rings is 8. The minimum absolute atomic E-state index is 0.0427. The van der Waals surface area contributed by atoms with E-state index >= 15 is 0 Å². The molecule has 0 bridgehead atoms. The van der Waals surface area contributed by atoms with Gasteiger partial charge in [-0.05, 0) is 114 Å². The number of rotatable bonds is 6. The summed E-state index contributed by atoms with van der Waals surface area (Å²) in [4.78, 5) is 10.3. The monoisotopic (exact) mass is 768 g/mol. The fourth-order valence-electron chi connectivity index (χ4n) is 9.78. The molecule has 11 rings (SSSR count). The maximum absolute atomic E-state index is 5.16. The fraction of sp³-hybridized carbons (Fsp3) is 0.103. The minimum atomic E-state index is -0.0883. The van der Waals surface area contributed by atoms with E-state index < -0.39 is 0 Å². The van der Waals surface area contributed by atoms with Gasteiger partial charge in [0.15, 0.2) is 5.82 Å². The van der Waals surface area contributed by atoms with Gasteiger partial charge in [-0.25, -0.2) is 9.97 Å². The molecule has 8 aromatic carbocycles. The van der Waals surface area contributed by atoms with E-state index in [1.807, 2.05) is 18.2 Å². The molecule has 286 valence electrons. The van der Waals surface area contributed by atoms with Crippen LogP contribution in [0.4, 0.5) is 0 Å². The first-order valence-electron chi connectivity index (χ1n) is 21.0. The molecule has 60 heavy (non-hydrogen) atoms. The van der Waals surface area contributed by atoms with Crippen LogP contribution in [0.5, 0.6) is 0 Å². The zero-order valence-electron chi connectivity index (χ0n) is 34.4. The van der Waals surface area contributed by atoms with Crippen molar-refractivity contribution in [1.29, 1.82) is 0 Å². The van der Waals surface area contributed by atoms with Gasteiger partial charge in [0.25, 0.3) is 0 Å². The maximum atomic E-state index is 5.16. The second-order valence-corrected chi connectivity index (χ2v) is 17.4. The molecule has 0 amide bonds. The highest BCUT2D eigenvalue weighted by Crippen LogP contribution is 2.56. The Balaban J connectivity index is 0.955. The molecule has 0 radical (unpaired) electrons. The molecule has 2 aliphatic rings. The smallest absolute Gasteiger partial charge is 0.160 e. The normalized spacial score (nSPS) is 13.9. The number of hydrogen-bond donors (Lipinski definition) is 0. The molecule has 0 saturated carbocycles. The van der Waals surface area contributed by atoms with Crippen LogP contribution < -0.4 is 0 Å². The van der Waals surface area contributed by atoms with Gasteiger partial charge in [-0.15, -0.1) is 0 Å². The molecular formula is C58H44N2. The summed E-state index contributed by atoms with van der Waals surface area (Å²) < 4.78 is 0. The standard InChI is InChI=1S/C58H44N2/c1-57(2)50-24-12-11-23-46(50)48-34-53-49(35-52(48)57)47-33-44(29-30-51(47)58(53,3)4)42-20-13-19-41(31-42)43-21-14-22-45(32-43)55-36-54(59-56(60-55)40-17-9-6-10-18-40)39-27-25-38(26-28-39)37-15-7-5-8-16-37/h5-36H,1-4H3. The SMILES string of the molecule is CC1(C)c2ccccc2-c2cc3c(cc21)-c1cc(-c2cccc(-c4cccc(-c5cc(-c6ccc(-c7ccccc7)cc6)nc(-c6ccccc6)n5)c4)c2)ccc1C3(C)C. The Bertz CT molecular complexity index is 3120. The summed E-state index contributed by atoms with van der Waals surface area (Å²) in [6.07, 6.45) is 0. The Morgan fingerprint density at radius 2 is 0.683 bits per heavy atom. The van der Waals surface area contributed by atoms with Crippen LogP contribution >= 0.6 is 0 Å². The van der Waals surface area contributed by atoms with E-state index in [4.69, 9.17) is 9.97 Å². The lowest BCUT2D eigenvalue weighted by atomic mass is 9.79. The van der Waals surface area contributed by atoms with Gasteiger partial charge in [0.05, 0.1) is 11.4 Å². The second kappa shape index (κ2) is 13.7. The summed E-state index contributed by atoms with van der Waals surface area (Å²) in [5, 5.41) is 0. The molecule has 0 N–H and O–H groups in total. The van der Waals surface area contributed by atoms with Gasteiger partial charge < -0.3 is 0 Å². The van der Waals surface area contributed by atoms with Gasteiger partial charge in [-0.1, -0.05) is 185 Å². The first kappa shape index (κ1) is 36.0. The first-order chi connectivity index (χ1) is 29.2. The van der Waals surface area contributed by atoms with Gasteiger partial charge in [0, 0.05) is 27.5 Å². The third kappa shape index (κ3) is 5.86. The number of fused-ring (bicyclic) bond motifs is 6. The molecule has 0 spiro atoms. The molecule has 2 heteroatoms. The highest BCUT2D eigenvalue weighted by atomic mass is 14.9. The van der Waals surface area contributed by atoms with Crippen LogP contribution in [-0.4, -0.2) is 9.97 Å². The molecule has 2 aliphatic carbocycles. The van der Waals surface area contributed by atoms with Crippen LogP contribution in [0.1, 0.15) is 49.9 Å². The molecule has 0 fully saturated rings. The highest BCUT2D eigenvalue weighted by Gasteiger charge is 2.41. The molecule has 2 nitrogen and oxygen atoms in total. The number of nitrogens with zero attached hydrogens (tertiary/aromatic N) is 2. The molecule has 0 aliphatic heterocycles. The Kier molecular flexibility index (Phi) is 8.22. The van der Waals surface area contributed by atoms with E-state index in [2.05, 4.69) is 204 Å². The summed E-state index contributed by atoms with van der Waals surface area (Å²) in [6, 6.07) is 70.4. The van der Waals surface area contributed by atoms with Crippen LogP contribution in [0.15, 0.2) is 194 Å². The van der Waals surface area contributed by atoms with Crippen molar-refractivity contribution < 1.29 is 0 Å². The van der Waals surface area contributed by atoms with E-state index in [1.54, 1.807) is 0 Å². The lowest BCUT2D eigenvalue weighted by Crippen LogP contribution is -2.16. The summed E-state index contributed by atoms with van der Waals surface area (Å²) in [6.45, 7) is 9.51. The van der Waals surface area contributed by atoms with Crippen LogP contribution in [0.25, 0.3) is 89.5 Å². The van der Waals surface area contributed by atoms with E-state index in [-0.39, 0.29) is 10.8 Å². The number of hydrogen-bond acceptors (Lipinski definition) is 2. The van der Waals surface area contributed by atoms with Crippen LogP contribution in [-0.2, 0) is 10.8 Å². The van der Waals surface area contributed by atoms with Crippen molar-refractivity contribution >= 4 is 0 Å². The topological polar surface area (TPSA) is 25.8 Å². The third-order valence-corrected chi connectivity index (χ3v) is 13.1. The van der Waals surface area contributed by atoms with Gasteiger partial charge in [-0.3, -0.25) is 0 Å². The van der Waals surface area contributed by atoms with Crippen LogP contribution in [0.3, 0.4) is 0 Å². The molecular weight excluding hydrogens is 725 g/mol. The highest BCUT2D eigenvalue weighted by molar-refractivity contribution is 5.91. The van der Waals surface area contributed by atoms with E-state index in [1.165, 1.54) is 72.3 Å². The fourth-order valence-corrected chi connectivity index (χ4v) is 9.78. The summed E-state index contributed by atoms with van der Waals surface area (Å²) >= 11 is 0. The van der Waals surface area contributed by atoms with Gasteiger partial charge >= 0.3 is 0 Å². The Labute approximate surface area is 353 Å². The molecule has 0 unspecified atom stereocenters. The van der Waals surface area contributed by atoms with Crippen LogP contribution in [0, 0.1) is 0 Å². The number of aromatic nitrogens is 2. The zero-order valence-corrected chi connectivity index (χ0v) is 34.4. The van der Waals surface area contributed by atoms with Gasteiger partial charge in [0.2, 0.25) is 0 Å². The largest absolute Gasteiger partial charge is 0.228 e. The maximum Gasteiger partial charge on any atom is 0.160 e. The van der Waals surface area contributed by atoms with Crippen LogP contribution in [0.2, 0.25) is 0 Å². The van der Waals surface area contributed by atoms with E-state index in [0.29, 0.717) is 5.82 Å². The zero-order chi connectivity index (χ0) is 40.6. The minimum Gasteiger partial charge on any atom is -0.228 e. The molecule has 9 aromatic rings. The van der Waals surface area contributed by atoms with Crippen molar-refractivity contribution in [1.82, 2.24) is 9.97 Å². The Hall–Kier alpha value is -7.16. The van der Waals surface area contributed by atoms with Crippen molar-refractivity contribution in [3.05, 3.63) is 216 Å². The molecule has 0 saturated heterocycles. The lowest BCUT2D eigenvalue weighted by Gasteiger charge is -2.24. The van der Waals surface area contributed by atoms with Crippen molar-refractivity contribution in [3.63, 3.8) is 0 Å². The third-order valence-electron chi connectivity index (χ3n) is 13.1. The summed E-state index contributed by atoms with van der Waals surface area (Å²) in [7, 11) is 0. The quantitative estimate of drug-likeness (QED) is 0.168. The van der Waals surface area contributed by atoms with Crippen molar-refractivity contribution in [3.8, 4) is 89.5 Å². The average molecular weight is 769 g/mol. The van der Waals surface area contributed by atoms with Gasteiger partial charge in [0.1, 0.15) is 0 Å². The Morgan fingerprint density at radius 1 is 0.267 bits per heavy atom. The second-order valence-electron chi connectivity index (χ2n) is 17.4. The first-order valence-corrected chi connectivity index (χ1v) is 21.0. The predicted molar refractivity (Wildman–Crippen MR) is 250 cm³/mol. The molecule has 1 heterocycles. The predicted octanol–water partition coefficient (Wildman–Crippen LogP) is 15.1. The Morgan fingerprint density at radius 3 is 1.33 bits per heavy atom. The average Bonchev–Trinajstić information content (AvgIpc) is 3.67. The van der Waals surface area contributed by atoms with Gasteiger partial charge in [-0.2, -0.15) is 0 Å². The molecule has 0 atom stereocenters. The van der Waals surface area contributed by atoms with Crippen molar-refractivity contribution in [2.75, 3.05) is 0 Å². The van der Waals surface area contributed by atoms with Crippen molar-refractivity contribution in [2.45, 2.75) is 38.5 Å². The summed E-state index contributed by atoms with van der Waals surface area (Å²) in [5.41, 5.74) is 23.0. The van der Waals surface area contributed by atoms with E-state index in [0.717, 1.165) is 33.6 Å². The lowest BCUT2D eigenvalue weighted by molar-refractivity contribution is 0.652. The van der Waals surface area contributed by atoms with Crippen molar-refractivity contribution in [2.24, 2.45) is 0 Å².